The third kappa shape index (κ3) is 3.23. The Morgan fingerprint density at radius 3 is 2.55 bits per heavy atom. The first-order valence-corrected chi connectivity index (χ1v) is 8.51. The quantitative estimate of drug-likeness (QED) is 0.881. The molecular weight excluding hydrogens is 268 g/mol. The lowest BCUT2D eigenvalue weighted by atomic mass is 9.71. The highest BCUT2D eigenvalue weighted by Crippen LogP contribution is 2.48. The van der Waals surface area contributed by atoms with Crippen LogP contribution < -0.4 is 5.32 Å². The average Bonchev–Trinajstić information content (AvgIpc) is 2.91. The van der Waals surface area contributed by atoms with Gasteiger partial charge in [0.15, 0.2) is 0 Å². The molecule has 1 atom stereocenters. The zero-order chi connectivity index (χ0) is 14.8. The van der Waals surface area contributed by atoms with Crippen molar-refractivity contribution < 1.29 is 4.74 Å². The smallest absolute Gasteiger partial charge is 0.125 e. The fourth-order valence-electron chi connectivity index (χ4n) is 2.87. The lowest BCUT2D eigenvalue weighted by molar-refractivity contribution is -0.0890. The van der Waals surface area contributed by atoms with Gasteiger partial charge in [0.25, 0.3) is 0 Å². The molecule has 114 valence electrons. The van der Waals surface area contributed by atoms with Gasteiger partial charge in [-0.05, 0) is 52.0 Å². The van der Waals surface area contributed by atoms with Crippen LogP contribution in [0, 0.1) is 5.41 Å². The van der Waals surface area contributed by atoms with E-state index in [9.17, 15) is 0 Å². The van der Waals surface area contributed by atoms with Gasteiger partial charge in [0.1, 0.15) is 10.6 Å². The maximum atomic E-state index is 6.20. The second kappa shape index (κ2) is 6.12. The van der Waals surface area contributed by atoms with Crippen LogP contribution in [0.15, 0.2) is 6.20 Å². The first kappa shape index (κ1) is 15.9. The summed E-state index contributed by atoms with van der Waals surface area (Å²) in [5.41, 5.74) is 0.305. The first-order valence-electron chi connectivity index (χ1n) is 7.70. The topological polar surface area (TPSA) is 34.1 Å². The molecule has 1 heterocycles. The van der Waals surface area contributed by atoms with Gasteiger partial charge in [0, 0.05) is 23.7 Å². The number of thiazole rings is 1. The van der Waals surface area contributed by atoms with Gasteiger partial charge >= 0.3 is 0 Å². The molecule has 3 nitrogen and oxygen atoms in total. The van der Waals surface area contributed by atoms with Crippen molar-refractivity contribution in [3.05, 3.63) is 16.1 Å². The molecule has 4 heteroatoms. The van der Waals surface area contributed by atoms with E-state index in [4.69, 9.17) is 9.72 Å². The van der Waals surface area contributed by atoms with E-state index in [0.717, 1.165) is 19.4 Å². The molecule has 1 saturated carbocycles. The highest BCUT2D eigenvalue weighted by molar-refractivity contribution is 7.11. The number of hydrogen-bond donors (Lipinski definition) is 1. The normalized spacial score (nSPS) is 22.6. The average molecular weight is 296 g/mol. The van der Waals surface area contributed by atoms with Crippen molar-refractivity contribution in [3.63, 3.8) is 0 Å². The Kier molecular flexibility index (Phi) is 4.88. The number of ether oxygens (including phenoxy) is 1. The Morgan fingerprint density at radius 1 is 1.35 bits per heavy atom. The van der Waals surface area contributed by atoms with Crippen LogP contribution in [0.4, 0.5) is 0 Å². The Morgan fingerprint density at radius 2 is 2.00 bits per heavy atom. The summed E-state index contributed by atoms with van der Waals surface area (Å²) in [5.74, 6) is 0. The predicted molar refractivity (Wildman–Crippen MR) is 85.1 cm³/mol. The predicted octanol–water partition coefficient (Wildman–Crippen LogP) is 4.26. The molecule has 0 saturated heterocycles. The summed E-state index contributed by atoms with van der Waals surface area (Å²) in [7, 11) is 1.99. The summed E-state index contributed by atoms with van der Waals surface area (Å²) in [5, 5.41) is 4.46. The molecule has 1 N–H and O–H groups in total. The maximum absolute atomic E-state index is 6.20. The zero-order valence-corrected chi connectivity index (χ0v) is 14.3. The monoisotopic (exact) mass is 296 g/mol. The van der Waals surface area contributed by atoms with Gasteiger partial charge in [-0.3, -0.25) is 0 Å². The van der Waals surface area contributed by atoms with Gasteiger partial charge in [-0.1, -0.05) is 13.8 Å². The molecule has 1 aliphatic carbocycles. The summed E-state index contributed by atoms with van der Waals surface area (Å²) in [4.78, 5) is 6.00. The van der Waals surface area contributed by atoms with Gasteiger partial charge in [-0.2, -0.15) is 0 Å². The van der Waals surface area contributed by atoms with E-state index in [2.05, 4.69) is 33.0 Å². The second-order valence-corrected chi connectivity index (χ2v) is 7.73. The van der Waals surface area contributed by atoms with E-state index in [-0.39, 0.29) is 5.60 Å². The minimum atomic E-state index is -0.138. The van der Waals surface area contributed by atoms with Crippen molar-refractivity contribution in [2.75, 3.05) is 13.7 Å². The molecule has 1 unspecified atom stereocenters. The summed E-state index contributed by atoms with van der Waals surface area (Å²) in [6.07, 6.45) is 6.62. The van der Waals surface area contributed by atoms with Crippen LogP contribution in [0.3, 0.4) is 0 Å². The molecule has 20 heavy (non-hydrogen) atoms. The molecule has 1 aliphatic rings. The molecular formula is C16H28N2OS. The summed E-state index contributed by atoms with van der Waals surface area (Å²) >= 11 is 1.81. The lowest BCUT2D eigenvalue weighted by Crippen LogP contribution is -2.37. The van der Waals surface area contributed by atoms with Crippen LogP contribution >= 0.6 is 11.3 Å². The summed E-state index contributed by atoms with van der Waals surface area (Å²) < 4.78 is 6.20. The van der Waals surface area contributed by atoms with E-state index in [1.165, 1.54) is 22.7 Å². The summed E-state index contributed by atoms with van der Waals surface area (Å²) in [6.45, 7) is 9.75. The number of hydrogen-bond acceptors (Lipinski definition) is 4. The van der Waals surface area contributed by atoms with Crippen LogP contribution in [0.25, 0.3) is 0 Å². The minimum absolute atomic E-state index is 0.138. The molecule has 2 rings (SSSR count). The molecule has 0 aliphatic heterocycles. The van der Waals surface area contributed by atoms with Gasteiger partial charge in [0.2, 0.25) is 0 Å². The molecule has 1 aromatic heterocycles. The molecule has 0 bridgehead atoms. The van der Waals surface area contributed by atoms with Crippen LogP contribution in [-0.4, -0.2) is 18.6 Å². The van der Waals surface area contributed by atoms with Crippen LogP contribution in [0.1, 0.15) is 69.3 Å². The highest BCUT2D eigenvalue weighted by atomic mass is 32.1. The number of aromatic nitrogens is 1. The van der Waals surface area contributed by atoms with E-state index in [0.29, 0.717) is 11.5 Å². The van der Waals surface area contributed by atoms with Gasteiger partial charge in [-0.15, -0.1) is 11.3 Å². The van der Waals surface area contributed by atoms with E-state index in [1.54, 1.807) is 0 Å². The fourth-order valence-corrected chi connectivity index (χ4v) is 4.04. The Labute approximate surface area is 127 Å². The molecule has 0 spiro atoms. The maximum Gasteiger partial charge on any atom is 0.125 e. The van der Waals surface area contributed by atoms with Gasteiger partial charge in [0.05, 0.1) is 0 Å². The Hall–Kier alpha value is -0.450. The second-order valence-electron chi connectivity index (χ2n) is 6.67. The van der Waals surface area contributed by atoms with E-state index in [1.807, 2.05) is 24.6 Å². The van der Waals surface area contributed by atoms with Crippen molar-refractivity contribution in [2.24, 2.45) is 5.41 Å². The third-order valence-electron chi connectivity index (χ3n) is 4.60. The minimum Gasteiger partial charge on any atom is -0.368 e. The van der Waals surface area contributed by atoms with Crippen molar-refractivity contribution in [1.82, 2.24) is 10.3 Å². The molecule has 1 aromatic rings. The SMILES string of the molecule is CCOC1(c2ncc(C(C)NC)s2)CCC(C)(C)CC1. The number of nitrogens with zero attached hydrogens (tertiary/aromatic N) is 1. The van der Waals surface area contributed by atoms with Gasteiger partial charge in [-0.25, -0.2) is 4.98 Å². The molecule has 0 amide bonds. The van der Waals surface area contributed by atoms with Crippen LogP contribution in [0.5, 0.6) is 0 Å². The summed E-state index contributed by atoms with van der Waals surface area (Å²) in [6, 6.07) is 0.361. The van der Waals surface area contributed by atoms with Crippen molar-refractivity contribution >= 4 is 11.3 Å². The Balaban J connectivity index is 2.22. The lowest BCUT2D eigenvalue weighted by Gasteiger charge is -2.42. The van der Waals surface area contributed by atoms with E-state index < -0.39 is 0 Å². The highest BCUT2D eigenvalue weighted by Gasteiger charge is 2.42. The Bertz CT molecular complexity index is 431. The van der Waals surface area contributed by atoms with E-state index >= 15 is 0 Å². The number of rotatable bonds is 5. The van der Waals surface area contributed by atoms with Crippen LogP contribution in [0.2, 0.25) is 0 Å². The molecule has 0 radical (unpaired) electrons. The van der Waals surface area contributed by atoms with Gasteiger partial charge < -0.3 is 10.1 Å². The fraction of sp³-hybridized carbons (Fsp3) is 0.812. The zero-order valence-electron chi connectivity index (χ0n) is 13.5. The largest absolute Gasteiger partial charge is 0.368 e. The van der Waals surface area contributed by atoms with Crippen molar-refractivity contribution in [2.45, 2.75) is 65.0 Å². The van der Waals surface area contributed by atoms with Crippen molar-refractivity contribution in [1.29, 1.82) is 0 Å². The molecule has 0 aromatic carbocycles. The standard InChI is InChI=1S/C16H28N2OS/c1-6-19-16(9-7-15(3,4)8-10-16)14-18-11-13(20-14)12(2)17-5/h11-12,17H,6-10H2,1-5H3. The first-order chi connectivity index (χ1) is 9.42. The van der Waals surface area contributed by atoms with Crippen molar-refractivity contribution in [3.8, 4) is 0 Å². The third-order valence-corrected chi connectivity index (χ3v) is 5.97. The number of nitrogens with one attached hydrogen (secondary N) is 1. The molecule has 1 fully saturated rings. The van der Waals surface area contributed by atoms with Crippen LogP contribution in [-0.2, 0) is 10.3 Å².